The van der Waals surface area contributed by atoms with E-state index in [1.54, 1.807) is 0 Å². The van der Waals surface area contributed by atoms with Gasteiger partial charge in [-0.2, -0.15) is 0 Å². The van der Waals surface area contributed by atoms with Gasteiger partial charge >= 0.3 is 5.97 Å². The molecule has 0 saturated heterocycles. The van der Waals surface area contributed by atoms with Gasteiger partial charge < -0.3 is 20.3 Å². The van der Waals surface area contributed by atoms with Gasteiger partial charge in [0.05, 0.1) is 10.0 Å². The fourth-order valence-electron chi connectivity index (χ4n) is 1.34. The summed E-state index contributed by atoms with van der Waals surface area (Å²) in [6.45, 7) is -0.710. The number of nitrogens with one attached hydrogen (secondary N) is 1. The second-order valence-electron chi connectivity index (χ2n) is 3.84. The van der Waals surface area contributed by atoms with Crippen LogP contribution in [0.2, 0.25) is 10.0 Å². The summed E-state index contributed by atoms with van der Waals surface area (Å²) >= 11 is 11.5. The maximum atomic E-state index is 11.5. The summed E-state index contributed by atoms with van der Waals surface area (Å²) in [6, 6.07) is 3.34. The van der Waals surface area contributed by atoms with Crippen LogP contribution in [0.1, 0.15) is 6.42 Å². The van der Waals surface area contributed by atoms with Crippen LogP contribution in [-0.2, 0) is 9.59 Å². The van der Waals surface area contributed by atoms with E-state index in [-0.39, 0.29) is 24.7 Å². The molecular weight excluding hydrogens is 309 g/mol. The van der Waals surface area contributed by atoms with Gasteiger partial charge in [-0.1, -0.05) is 23.2 Å². The first kappa shape index (κ1) is 16.6. The monoisotopic (exact) mass is 321 g/mol. The highest BCUT2D eigenvalue weighted by atomic mass is 35.5. The Hall–Kier alpha value is -1.50. The van der Waals surface area contributed by atoms with Crippen LogP contribution in [0.15, 0.2) is 18.2 Å². The van der Waals surface area contributed by atoms with E-state index in [1.807, 2.05) is 0 Å². The van der Waals surface area contributed by atoms with Crippen LogP contribution in [0.4, 0.5) is 0 Å². The molecule has 20 heavy (non-hydrogen) atoms. The molecule has 1 aromatic carbocycles. The van der Waals surface area contributed by atoms with Gasteiger partial charge in [-0.15, -0.1) is 0 Å². The van der Waals surface area contributed by atoms with Crippen LogP contribution in [0.5, 0.6) is 5.75 Å². The summed E-state index contributed by atoms with van der Waals surface area (Å²) in [5, 5.41) is 20.4. The number of aliphatic carboxylic acids is 1. The average molecular weight is 322 g/mol. The van der Waals surface area contributed by atoms with Crippen molar-refractivity contribution in [2.75, 3.05) is 13.2 Å². The Balaban J connectivity index is 2.50. The van der Waals surface area contributed by atoms with Crippen molar-refractivity contribution in [3.63, 3.8) is 0 Å². The van der Waals surface area contributed by atoms with Crippen LogP contribution < -0.4 is 10.1 Å². The third-order valence-electron chi connectivity index (χ3n) is 2.31. The molecule has 0 spiro atoms. The molecule has 110 valence electrons. The van der Waals surface area contributed by atoms with Gasteiger partial charge in [0.2, 0.25) is 0 Å². The zero-order valence-corrected chi connectivity index (χ0v) is 11.8. The molecule has 0 heterocycles. The van der Waals surface area contributed by atoms with Crippen molar-refractivity contribution < 1.29 is 24.5 Å². The Labute approximate surface area is 125 Å². The maximum absolute atomic E-state index is 11.5. The summed E-state index contributed by atoms with van der Waals surface area (Å²) < 4.78 is 5.15. The Kier molecular flexibility index (Phi) is 6.57. The van der Waals surface area contributed by atoms with Crippen molar-refractivity contribution in [3.05, 3.63) is 28.2 Å². The average Bonchev–Trinajstić information content (AvgIpc) is 2.39. The highest BCUT2D eigenvalue weighted by Gasteiger charge is 2.19. The van der Waals surface area contributed by atoms with E-state index < -0.39 is 17.9 Å². The molecule has 3 N–H and O–H groups in total. The lowest BCUT2D eigenvalue weighted by molar-refractivity contribution is -0.142. The molecule has 1 aromatic rings. The van der Waals surface area contributed by atoms with Gasteiger partial charge in [0, 0.05) is 19.1 Å². The van der Waals surface area contributed by atoms with Crippen molar-refractivity contribution in [1.29, 1.82) is 0 Å². The Morgan fingerprint density at radius 3 is 2.55 bits per heavy atom. The molecule has 1 unspecified atom stereocenters. The third-order valence-corrected chi connectivity index (χ3v) is 3.05. The number of carbonyl (C=O) groups is 2. The van der Waals surface area contributed by atoms with E-state index in [1.165, 1.54) is 18.2 Å². The van der Waals surface area contributed by atoms with Crippen LogP contribution in [0.25, 0.3) is 0 Å². The molecule has 0 aliphatic heterocycles. The number of aliphatic hydroxyl groups is 1. The molecule has 1 atom stereocenters. The lowest BCUT2D eigenvalue weighted by atomic mass is 10.2. The summed E-state index contributed by atoms with van der Waals surface area (Å²) in [4.78, 5) is 22.3. The van der Waals surface area contributed by atoms with Gasteiger partial charge in [-0.05, 0) is 12.1 Å². The van der Waals surface area contributed by atoms with Crippen LogP contribution in [0, 0.1) is 0 Å². The molecule has 0 aromatic heterocycles. The number of hydrogen-bond acceptors (Lipinski definition) is 4. The zero-order chi connectivity index (χ0) is 15.1. The molecule has 1 amide bonds. The number of ether oxygens (including phenoxy) is 1. The second kappa shape index (κ2) is 7.94. The predicted octanol–water partition coefficient (Wildman–Crippen LogP) is 1.32. The zero-order valence-electron chi connectivity index (χ0n) is 10.3. The lowest BCUT2D eigenvalue weighted by Crippen LogP contribution is -2.43. The number of hydrogen-bond donors (Lipinski definition) is 3. The minimum atomic E-state index is -1.22. The Morgan fingerprint density at radius 1 is 1.30 bits per heavy atom. The number of rotatable bonds is 7. The number of carbonyl (C=O) groups excluding carboxylic acids is 1. The first-order chi connectivity index (χ1) is 9.43. The smallest absolute Gasteiger partial charge is 0.326 e. The van der Waals surface area contributed by atoms with Crippen LogP contribution in [-0.4, -0.2) is 41.3 Å². The Bertz CT molecular complexity index is 495. The molecule has 0 aliphatic carbocycles. The second-order valence-corrected chi connectivity index (χ2v) is 4.65. The maximum Gasteiger partial charge on any atom is 0.326 e. The minimum Gasteiger partial charge on any atom is -0.484 e. The summed E-state index contributed by atoms with van der Waals surface area (Å²) in [5.41, 5.74) is 0. The van der Waals surface area contributed by atoms with Crippen molar-refractivity contribution in [3.8, 4) is 5.75 Å². The van der Waals surface area contributed by atoms with Crippen molar-refractivity contribution in [1.82, 2.24) is 5.32 Å². The molecule has 0 saturated carbocycles. The van der Waals surface area contributed by atoms with Crippen molar-refractivity contribution in [2.24, 2.45) is 0 Å². The highest BCUT2D eigenvalue weighted by molar-refractivity contribution is 6.42. The van der Waals surface area contributed by atoms with Gasteiger partial charge in [-0.3, -0.25) is 4.79 Å². The summed E-state index contributed by atoms with van der Waals surface area (Å²) in [5.74, 6) is -1.50. The fraction of sp³-hybridized carbons (Fsp3) is 0.333. The fourth-order valence-corrected chi connectivity index (χ4v) is 1.63. The number of carboxylic acid groups (broad SMARTS) is 1. The van der Waals surface area contributed by atoms with Gasteiger partial charge in [0.15, 0.2) is 6.61 Å². The van der Waals surface area contributed by atoms with Gasteiger partial charge in [0.1, 0.15) is 11.8 Å². The van der Waals surface area contributed by atoms with E-state index in [0.29, 0.717) is 10.8 Å². The number of halogens is 2. The molecule has 0 radical (unpaired) electrons. The van der Waals surface area contributed by atoms with E-state index in [9.17, 15) is 9.59 Å². The summed E-state index contributed by atoms with van der Waals surface area (Å²) in [7, 11) is 0. The first-order valence-corrected chi connectivity index (χ1v) is 6.40. The summed E-state index contributed by atoms with van der Waals surface area (Å²) in [6.07, 6.45) is -0.0755. The molecule has 6 nitrogen and oxygen atoms in total. The normalized spacial score (nSPS) is 11.8. The quantitative estimate of drug-likeness (QED) is 0.704. The van der Waals surface area contributed by atoms with E-state index in [0.717, 1.165) is 0 Å². The van der Waals surface area contributed by atoms with Crippen LogP contribution in [0.3, 0.4) is 0 Å². The number of amides is 1. The third kappa shape index (κ3) is 5.24. The van der Waals surface area contributed by atoms with Crippen LogP contribution >= 0.6 is 23.2 Å². The van der Waals surface area contributed by atoms with E-state index >= 15 is 0 Å². The SMILES string of the molecule is O=C(COc1ccc(Cl)c(Cl)c1)NC(CCO)C(=O)O. The standard InChI is InChI=1S/C12H13Cl2NO5/c13-8-2-1-7(5-9(8)14)20-6-11(17)15-10(3-4-16)12(18)19/h1-2,5,10,16H,3-4,6H2,(H,15,17)(H,18,19). The molecule has 0 aliphatic rings. The number of carboxylic acids is 1. The molecular formula is C12H13Cl2NO5. The van der Waals surface area contributed by atoms with Gasteiger partial charge in [-0.25, -0.2) is 4.79 Å². The lowest BCUT2D eigenvalue weighted by Gasteiger charge is -2.13. The molecule has 8 heteroatoms. The van der Waals surface area contributed by atoms with E-state index in [4.69, 9.17) is 38.2 Å². The topological polar surface area (TPSA) is 95.9 Å². The van der Waals surface area contributed by atoms with Crippen molar-refractivity contribution >= 4 is 35.1 Å². The Morgan fingerprint density at radius 2 is 2.00 bits per heavy atom. The van der Waals surface area contributed by atoms with Gasteiger partial charge in [0.25, 0.3) is 5.91 Å². The molecule has 0 bridgehead atoms. The predicted molar refractivity (Wildman–Crippen MR) is 73.2 cm³/mol. The highest BCUT2D eigenvalue weighted by Crippen LogP contribution is 2.26. The van der Waals surface area contributed by atoms with E-state index in [2.05, 4.69) is 5.32 Å². The molecule has 0 fully saturated rings. The number of aliphatic hydroxyl groups excluding tert-OH is 1. The van der Waals surface area contributed by atoms with Crippen molar-refractivity contribution in [2.45, 2.75) is 12.5 Å². The largest absolute Gasteiger partial charge is 0.484 e. The minimum absolute atomic E-state index is 0.0755. The molecule has 1 rings (SSSR count). The first-order valence-electron chi connectivity index (χ1n) is 5.65. The number of benzene rings is 1.